The highest BCUT2D eigenvalue weighted by Gasteiger charge is 2.11. The monoisotopic (exact) mass is 264 g/mol. The van der Waals surface area contributed by atoms with Crippen LogP contribution in [0, 0.1) is 5.82 Å². The van der Waals surface area contributed by atoms with E-state index >= 15 is 0 Å². The lowest BCUT2D eigenvalue weighted by atomic mass is 10.2. The molecule has 0 aliphatic rings. The molecule has 0 fully saturated rings. The van der Waals surface area contributed by atoms with Gasteiger partial charge in [-0.2, -0.15) is 5.10 Å². The van der Waals surface area contributed by atoms with Gasteiger partial charge in [-0.1, -0.05) is 0 Å². The number of halogens is 1. The predicted molar refractivity (Wildman–Crippen MR) is 64.6 cm³/mol. The lowest BCUT2D eigenvalue weighted by Gasteiger charge is -2.07. The number of carboxylic acids is 1. The molecule has 19 heavy (non-hydrogen) atoms. The average Bonchev–Trinajstić information content (AvgIpc) is 2.84. The fraction of sp³-hybridized carbons (Fsp3) is 0. The van der Waals surface area contributed by atoms with Crippen LogP contribution in [0.4, 0.5) is 20.6 Å². The van der Waals surface area contributed by atoms with Crippen LogP contribution in [0.1, 0.15) is 10.4 Å². The lowest BCUT2D eigenvalue weighted by Crippen LogP contribution is -2.20. The Bertz CT molecular complexity index is 612. The van der Waals surface area contributed by atoms with Crippen molar-refractivity contribution >= 4 is 23.4 Å². The third-order valence-corrected chi connectivity index (χ3v) is 2.22. The van der Waals surface area contributed by atoms with E-state index in [1.807, 2.05) is 0 Å². The van der Waals surface area contributed by atoms with E-state index < -0.39 is 17.8 Å². The molecule has 2 aromatic rings. The van der Waals surface area contributed by atoms with Gasteiger partial charge in [-0.3, -0.25) is 5.10 Å². The zero-order valence-electron chi connectivity index (χ0n) is 9.48. The van der Waals surface area contributed by atoms with Gasteiger partial charge in [0.25, 0.3) is 0 Å². The smallest absolute Gasteiger partial charge is 0.335 e. The second-order valence-corrected chi connectivity index (χ2v) is 3.57. The van der Waals surface area contributed by atoms with Crippen LogP contribution < -0.4 is 10.6 Å². The number of benzene rings is 1. The molecule has 98 valence electrons. The van der Waals surface area contributed by atoms with Crippen molar-refractivity contribution in [1.82, 2.24) is 10.2 Å². The summed E-state index contributed by atoms with van der Waals surface area (Å²) in [6.45, 7) is 0. The second-order valence-electron chi connectivity index (χ2n) is 3.57. The van der Waals surface area contributed by atoms with E-state index in [2.05, 4.69) is 20.8 Å². The number of aromatic amines is 1. The van der Waals surface area contributed by atoms with Crippen LogP contribution in [0.3, 0.4) is 0 Å². The highest BCUT2D eigenvalue weighted by Crippen LogP contribution is 2.16. The molecule has 1 heterocycles. The maximum absolute atomic E-state index is 13.4. The molecule has 2 rings (SSSR count). The van der Waals surface area contributed by atoms with E-state index in [0.717, 1.165) is 18.2 Å². The van der Waals surface area contributed by atoms with Crippen LogP contribution >= 0.6 is 0 Å². The number of amides is 2. The Balaban J connectivity index is 2.11. The molecule has 0 saturated carbocycles. The fourth-order valence-corrected chi connectivity index (χ4v) is 1.36. The molecule has 4 N–H and O–H groups in total. The van der Waals surface area contributed by atoms with Gasteiger partial charge in [-0.15, -0.1) is 0 Å². The quantitative estimate of drug-likeness (QED) is 0.679. The second kappa shape index (κ2) is 5.17. The molecular weight excluding hydrogens is 255 g/mol. The van der Waals surface area contributed by atoms with Gasteiger partial charge >= 0.3 is 12.0 Å². The van der Waals surface area contributed by atoms with Crippen molar-refractivity contribution in [3.63, 3.8) is 0 Å². The normalized spacial score (nSPS) is 9.95. The first-order chi connectivity index (χ1) is 9.06. The number of rotatable bonds is 3. The van der Waals surface area contributed by atoms with Crippen molar-refractivity contribution in [2.45, 2.75) is 0 Å². The number of anilines is 2. The van der Waals surface area contributed by atoms with Crippen LogP contribution in [0.15, 0.2) is 30.6 Å². The van der Waals surface area contributed by atoms with Crippen molar-refractivity contribution in [2.24, 2.45) is 0 Å². The van der Waals surface area contributed by atoms with Gasteiger partial charge < -0.3 is 15.7 Å². The number of urea groups is 1. The lowest BCUT2D eigenvalue weighted by molar-refractivity contribution is 0.0697. The molecule has 0 unspecified atom stereocenters. The standard InChI is InChI=1S/C11H9FN4O3/c12-8-2-1-6(10(17)18)3-9(8)16-11(19)15-7-4-13-14-5-7/h1-5H,(H,13,14)(H,17,18)(H2,15,16,19). The first-order valence-corrected chi connectivity index (χ1v) is 5.16. The largest absolute Gasteiger partial charge is 0.478 e. The Labute approximate surface area is 106 Å². The number of hydrogen-bond donors (Lipinski definition) is 4. The molecule has 0 saturated heterocycles. The van der Waals surface area contributed by atoms with Crippen molar-refractivity contribution in [2.75, 3.05) is 10.6 Å². The minimum Gasteiger partial charge on any atom is -0.478 e. The van der Waals surface area contributed by atoms with Crippen LogP contribution in [-0.4, -0.2) is 27.3 Å². The van der Waals surface area contributed by atoms with Crippen molar-refractivity contribution in [3.05, 3.63) is 42.0 Å². The molecule has 1 aromatic heterocycles. The Morgan fingerprint density at radius 2 is 2.11 bits per heavy atom. The molecule has 0 aliphatic carbocycles. The van der Waals surface area contributed by atoms with Gasteiger partial charge in [0.1, 0.15) is 5.82 Å². The number of hydrogen-bond acceptors (Lipinski definition) is 3. The van der Waals surface area contributed by atoms with Crippen molar-refractivity contribution < 1.29 is 19.1 Å². The molecule has 8 heteroatoms. The van der Waals surface area contributed by atoms with E-state index in [9.17, 15) is 14.0 Å². The van der Waals surface area contributed by atoms with Gasteiger partial charge in [0, 0.05) is 6.20 Å². The molecular formula is C11H9FN4O3. The molecule has 0 radical (unpaired) electrons. The van der Waals surface area contributed by atoms with Crippen LogP contribution in [0.5, 0.6) is 0 Å². The first-order valence-electron chi connectivity index (χ1n) is 5.16. The summed E-state index contributed by atoms with van der Waals surface area (Å²) in [5, 5.41) is 19.5. The molecule has 2 amide bonds. The summed E-state index contributed by atoms with van der Waals surface area (Å²) in [5.41, 5.74) is 0.0493. The number of carboxylic acid groups (broad SMARTS) is 1. The Morgan fingerprint density at radius 1 is 1.32 bits per heavy atom. The Kier molecular flexibility index (Phi) is 3.42. The van der Waals surface area contributed by atoms with E-state index in [1.165, 1.54) is 12.4 Å². The first kappa shape index (κ1) is 12.6. The molecule has 0 aliphatic heterocycles. The van der Waals surface area contributed by atoms with Gasteiger partial charge in [0.05, 0.1) is 23.1 Å². The molecule has 7 nitrogen and oxygen atoms in total. The third kappa shape index (κ3) is 3.06. The minimum absolute atomic E-state index is 0.125. The summed E-state index contributed by atoms with van der Waals surface area (Å²) in [7, 11) is 0. The highest BCUT2D eigenvalue weighted by atomic mass is 19.1. The van der Waals surface area contributed by atoms with E-state index in [1.54, 1.807) is 0 Å². The zero-order chi connectivity index (χ0) is 13.8. The number of nitrogens with one attached hydrogen (secondary N) is 3. The minimum atomic E-state index is -1.21. The zero-order valence-corrected chi connectivity index (χ0v) is 9.48. The third-order valence-electron chi connectivity index (χ3n) is 2.22. The number of H-pyrrole nitrogens is 1. The van der Waals surface area contributed by atoms with Crippen LogP contribution in [-0.2, 0) is 0 Å². The van der Waals surface area contributed by atoms with Gasteiger partial charge in [-0.25, -0.2) is 14.0 Å². The fourth-order valence-electron chi connectivity index (χ4n) is 1.36. The number of carbonyl (C=O) groups excluding carboxylic acids is 1. The van der Waals surface area contributed by atoms with E-state index in [4.69, 9.17) is 5.11 Å². The summed E-state index contributed by atoms with van der Waals surface area (Å²) in [6, 6.07) is 2.41. The Morgan fingerprint density at radius 3 is 2.74 bits per heavy atom. The van der Waals surface area contributed by atoms with Gasteiger partial charge in [0.15, 0.2) is 0 Å². The van der Waals surface area contributed by atoms with Gasteiger partial charge in [-0.05, 0) is 18.2 Å². The summed E-state index contributed by atoms with van der Waals surface area (Å²) in [4.78, 5) is 22.3. The molecule has 0 atom stereocenters. The van der Waals surface area contributed by atoms with Crippen molar-refractivity contribution in [1.29, 1.82) is 0 Å². The maximum Gasteiger partial charge on any atom is 0.335 e. The number of aromatic carboxylic acids is 1. The van der Waals surface area contributed by atoms with Gasteiger partial charge in [0.2, 0.25) is 0 Å². The van der Waals surface area contributed by atoms with Crippen LogP contribution in [0.2, 0.25) is 0 Å². The number of nitrogens with zero attached hydrogens (tertiary/aromatic N) is 1. The van der Waals surface area contributed by atoms with Crippen LogP contribution in [0.25, 0.3) is 0 Å². The van der Waals surface area contributed by atoms with Crippen molar-refractivity contribution in [3.8, 4) is 0 Å². The number of aromatic nitrogens is 2. The molecule has 0 spiro atoms. The summed E-state index contributed by atoms with van der Waals surface area (Å²) >= 11 is 0. The predicted octanol–water partition coefficient (Wildman–Crippen LogP) is 1.89. The molecule has 1 aromatic carbocycles. The highest BCUT2D eigenvalue weighted by molar-refractivity contribution is 6.00. The maximum atomic E-state index is 13.4. The summed E-state index contributed by atoms with van der Waals surface area (Å²) in [5.74, 6) is -1.94. The van der Waals surface area contributed by atoms with E-state index in [0.29, 0.717) is 5.69 Å². The number of carbonyl (C=O) groups is 2. The summed E-state index contributed by atoms with van der Waals surface area (Å²) < 4.78 is 13.4. The topological polar surface area (TPSA) is 107 Å². The Hall–Kier alpha value is -2.90. The molecule has 0 bridgehead atoms. The summed E-state index contributed by atoms with van der Waals surface area (Å²) in [6.07, 6.45) is 2.80. The SMILES string of the molecule is O=C(Nc1cn[nH]c1)Nc1cc(C(=O)O)ccc1F. The average molecular weight is 264 g/mol. The van der Waals surface area contributed by atoms with E-state index in [-0.39, 0.29) is 11.3 Å².